The number of nitrogens with two attached hydrogens (primary N) is 1. The van der Waals surface area contributed by atoms with Gasteiger partial charge in [-0.3, -0.25) is 14.5 Å². The Morgan fingerprint density at radius 3 is 2.58 bits per heavy atom. The van der Waals surface area contributed by atoms with Gasteiger partial charge >= 0.3 is 0 Å². The summed E-state index contributed by atoms with van der Waals surface area (Å²) in [5.41, 5.74) is 8.49. The molecule has 4 N–H and O–H groups in total. The first-order valence-electron chi connectivity index (χ1n) is 9.63. The molecule has 0 unspecified atom stereocenters. The van der Waals surface area contributed by atoms with Crippen molar-refractivity contribution in [3.05, 3.63) is 83.7 Å². The van der Waals surface area contributed by atoms with Crippen LogP contribution in [0, 0.1) is 0 Å². The lowest BCUT2D eigenvalue weighted by atomic mass is 10.1. The summed E-state index contributed by atoms with van der Waals surface area (Å²) in [6.07, 6.45) is 3.73. The molecule has 1 heterocycles. The molecule has 3 aromatic rings. The fourth-order valence-electron chi connectivity index (χ4n) is 2.94. The van der Waals surface area contributed by atoms with Crippen molar-refractivity contribution < 1.29 is 9.53 Å². The second-order valence-corrected chi connectivity index (χ2v) is 6.65. The summed E-state index contributed by atoms with van der Waals surface area (Å²) in [5.74, 6) is 0.784. The quantitative estimate of drug-likeness (QED) is 0.222. The Labute approximate surface area is 198 Å². The van der Waals surface area contributed by atoms with E-state index in [4.69, 9.17) is 10.5 Å². The third kappa shape index (κ3) is 7.93. The number of amides is 1. The van der Waals surface area contributed by atoms with Gasteiger partial charge in [-0.2, -0.15) is 5.10 Å². The van der Waals surface area contributed by atoms with Gasteiger partial charge in [0.05, 0.1) is 6.54 Å². The van der Waals surface area contributed by atoms with Gasteiger partial charge in [0.15, 0.2) is 12.6 Å². The van der Waals surface area contributed by atoms with Gasteiger partial charge in [0.25, 0.3) is 5.91 Å². The van der Waals surface area contributed by atoms with Crippen LogP contribution in [0.3, 0.4) is 0 Å². The Bertz CT molecular complexity index is 991. The number of primary amides is 1. The molecule has 0 aliphatic rings. The molecule has 0 fully saturated rings. The van der Waals surface area contributed by atoms with E-state index in [0.717, 1.165) is 12.1 Å². The number of hydrogen-bond acceptors (Lipinski definition) is 4. The predicted molar refractivity (Wildman–Crippen MR) is 131 cm³/mol. The Balaban J connectivity index is 0.00000341. The van der Waals surface area contributed by atoms with Crippen LogP contribution in [0.4, 0.5) is 0 Å². The Hall–Kier alpha value is -3.08. The van der Waals surface area contributed by atoms with E-state index in [0.29, 0.717) is 24.8 Å². The number of guanidine groups is 1. The largest absolute Gasteiger partial charge is 0.484 e. The number of rotatable bonds is 9. The van der Waals surface area contributed by atoms with Crippen LogP contribution in [0.25, 0.3) is 0 Å². The molecule has 9 heteroatoms. The van der Waals surface area contributed by atoms with Crippen LogP contribution in [0.2, 0.25) is 0 Å². The molecule has 0 atom stereocenters. The van der Waals surface area contributed by atoms with Crippen LogP contribution < -0.4 is 21.1 Å². The monoisotopic (exact) mass is 534 g/mol. The summed E-state index contributed by atoms with van der Waals surface area (Å²) < 4.78 is 7.25. The number of carbonyl (C=O) groups is 1. The number of aromatic nitrogens is 2. The average molecular weight is 534 g/mol. The Morgan fingerprint density at radius 2 is 1.87 bits per heavy atom. The summed E-state index contributed by atoms with van der Waals surface area (Å²) in [6, 6.07) is 17.7. The molecule has 2 aromatic carbocycles. The number of hydrogen-bond donors (Lipinski definition) is 3. The van der Waals surface area contributed by atoms with E-state index in [-0.39, 0.29) is 30.6 Å². The van der Waals surface area contributed by atoms with Crippen LogP contribution in [-0.2, 0) is 24.4 Å². The Morgan fingerprint density at radius 1 is 1.10 bits per heavy atom. The molecule has 0 aliphatic carbocycles. The first-order chi connectivity index (χ1) is 14.6. The lowest BCUT2D eigenvalue weighted by Crippen LogP contribution is -2.36. The van der Waals surface area contributed by atoms with Crippen LogP contribution in [0.15, 0.2) is 72.0 Å². The Kier molecular flexibility index (Phi) is 9.82. The maximum atomic E-state index is 10.9. The highest BCUT2D eigenvalue weighted by Gasteiger charge is 2.05. The summed E-state index contributed by atoms with van der Waals surface area (Å²) >= 11 is 0. The van der Waals surface area contributed by atoms with Gasteiger partial charge in [0.1, 0.15) is 5.75 Å². The van der Waals surface area contributed by atoms with Crippen molar-refractivity contribution in [3.63, 3.8) is 0 Å². The molecule has 1 amide bonds. The van der Waals surface area contributed by atoms with Crippen molar-refractivity contribution in [2.24, 2.45) is 10.7 Å². The van der Waals surface area contributed by atoms with Gasteiger partial charge in [-0.15, -0.1) is 24.0 Å². The molecule has 0 saturated heterocycles. The van der Waals surface area contributed by atoms with Crippen molar-refractivity contribution in [3.8, 4) is 5.75 Å². The summed E-state index contributed by atoms with van der Waals surface area (Å²) in [7, 11) is 1.73. The van der Waals surface area contributed by atoms with Gasteiger partial charge in [0.2, 0.25) is 0 Å². The van der Waals surface area contributed by atoms with Gasteiger partial charge in [-0.25, -0.2) is 0 Å². The minimum absolute atomic E-state index is 0. The highest BCUT2D eigenvalue weighted by Crippen LogP contribution is 2.13. The summed E-state index contributed by atoms with van der Waals surface area (Å²) in [5, 5.41) is 10.9. The molecule has 0 radical (unpaired) electrons. The lowest BCUT2D eigenvalue weighted by molar-refractivity contribution is -0.119. The topological polar surface area (TPSA) is 107 Å². The number of aliphatic imine (C=N–C) groups is 1. The molecule has 8 nitrogen and oxygen atoms in total. The number of carbonyl (C=O) groups excluding carboxylic acids is 1. The molecule has 0 bridgehead atoms. The third-order valence-electron chi connectivity index (χ3n) is 4.42. The van der Waals surface area contributed by atoms with E-state index >= 15 is 0 Å². The smallest absolute Gasteiger partial charge is 0.255 e. The standard InChI is InChI=1S/C22H26N6O2.HI/c1-24-22(25-13-17-6-4-9-20(12-17)30-16-21(23)29)26-14-18-7-2-3-8-19(18)15-28-11-5-10-27-28;/h2-12H,13-16H2,1H3,(H2,23,29)(H2,24,25,26);1H. The number of ether oxygens (including phenoxy) is 1. The number of nitrogens with one attached hydrogen (secondary N) is 2. The highest BCUT2D eigenvalue weighted by atomic mass is 127. The zero-order valence-electron chi connectivity index (χ0n) is 17.3. The summed E-state index contributed by atoms with van der Waals surface area (Å²) in [4.78, 5) is 15.2. The molecule has 164 valence electrons. The maximum Gasteiger partial charge on any atom is 0.255 e. The molecule has 0 aliphatic heterocycles. The zero-order chi connectivity index (χ0) is 21.2. The van der Waals surface area contributed by atoms with Crippen molar-refractivity contribution in [1.82, 2.24) is 20.4 Å². The van der Waals surface area contributed by atoms with Gasteiger partial charge in [0, 0.05) is 32.5 Å². The first-order valence-corrected chi connectivity index (χ1v) is 9.63. The number of benzene rings is 2. The van der Waals surface area contributed by atoms with Crippen LogP contribution in [-0.4, -0.2) is 35.3 Å². The predicted octanol–water partition coefficient (Wildman–Crippen LogP) is 2.28. The lowest BCUT2D eigenvalue weighted by Gasteiger charge is -2.15. The molecule has 1 aromatic heterocycles. The summed E-state index contributed by atoms with van der Waals surface area (Å²) in [6.45, 7) is 1.77. The molecular weight excluding hydrogens is 507 g/mol. The van der Waals surface area contributed by atoms with Crippen LogP contribution in [0.5, 0.6) is 5.75 Å². The molecule has 0 spiro atoms. The zero-order valence-corrected chi connectivity index (χ0v) is 19.7. The van der Waals surface area contributed by atoms with Gasteiger partial charge in [-0.1, -0.05) is 36.4 Å². The van der Waals surface area contributed by atoms with Crippen molar-refractivity contribution >= 4 is 35.8 Å². The second-order valence-electron chi connectivity index (χ2n) is 6.65. The van der Waals surface area contributed by atoms with Crippen molar-refractivity contribution in [2.75, 3.05) is 13.7 Å². The van der Waals surface area contributed by atoms with Crippen LogP contribution >= 0.6 is 24.0 Å². The molecule has 31 heavy (non-hydrogen) atoms. The number of halogens is 1. The van der Waals surface area contributed by atoms with Crippen LogP contribution in [0.1, 0.15) is 16.7 Å². The fourth-order valence-corrected chi connectivity index (χ4v) is 2.94. The van der Waals surface area contributed by atoms with E-state index in [1.807, 2.05) is 47.3 Å². The van der Waals surface area contributed by atoms with Gasteiger partial charge in [-0.05, 0) is 34.9 Å². The van der Waals surface area contributed by atoms with E-state index in [9.17, 15) is 4.79 Å². The van der Waals surface area contributed by atoms with E-state index in [1.54, 1.807) is 19.3 Å². The minimum atomic E-state index is -0.504. The fraction of sp³-hybridized carbons (Fsp3) is 0.227. The van der Waals surface area contributed by atoms with E-state index < -0.39 is 5.91 Å². The first kappa shape index (κ1) is 24.2. The van der Waals surface area contributed by atoms with Crippen molar-refractivity contribution in [1.29, 1.82) is 0 Å². The minimum Gasteiger partial charge on any atom is -0.484 e. The SMILES string of the molecule is CN=C(NCc1cccc(OCC(N)=O)c1)NCc1ccccc1Cn1cccn1.I. The third-order valence-corrected chi connectivity index (χ3v) is 4.42. The second kappa shape index (κ2) is 12.6. The van der Waals surface area contributed by atoms with E-state index in [1.165, 1.54) is 11.1 Å². The molecule has 0 saturated carbocycles. The number of nitrogens with zero attached hydrogens (tertiary/aromatic N) is 3. The maximum absolute atomic E-state index is 10.9. The highest BCUT2D eigenvalue weighted by molar-refractivity contribution is 14.0. The average Bonchev–Trinajstić information content (AvgIpc) is 3.27. The molecule has 3 rings (SSSR count). The van der Waals surface area contributed by atoms with Gasteiger partial charge < -0.3 is 21.1 Å². The van der Waals surface area contributed by atoms with Crippen molar-refractivity contribution in [2.45, 2.75) is 19.6 Å². The normalized spacial score (nSPS) is 10.8. The molecular formula is C22H27IN6O2. The van der Waals surface area contributed by atoms with E-state index in [2.05, 4.69) is 32.9 Å².